The lowest BCUT2D eigenvalue weighted by molar-refractivity contribution is 0.0765. The van der Waals surface area contributed by atoms with Crippen LogP contribution in [-0.4, -0.2) is 18.4 Å². The van der Waals surface area contributed by atoms with E-state index in [0.717, 1.165) is 44.6 Å². The van der Waals surface area contributed by atoms with Gasteiger partial charge in [0.25, 0.3) is 0 Å². The molecular weight excluding hydrogens is 262 g/mol. The number of rotatable bonds is 10. The summed E-state index contributed by atoms with van der Waals surface area (Å²) in [7, 11) is 0. The van der Waals surface area contributed by atoms with Crippen molar-refractivity contribution < 1.29 is 9.57 Å². The first kappa shape index (κ1) is 16.0. The van der Waals surface area contributed by atoms with E-state index in [0.29, 0.717) is 6.10 Å². The van der Waals surface area contributed by atoms with Crippen LogP contribution >= 0.6 is 0 Å². The zero-order valence-corrected chi connectivity index (χ0v) is 12.8. The Hall–Kier alpha value is -1.35. The molecule has 0 aromatic heterocycles. The Kier molecular flexibility index (Phi) is 7.30. The summed E-state index contributed by atoms with van der Waals surface area (Å²) in [6.45, 7) is 5.41. The van der Waals surface area contributed by atoms with Crippen LogP contribution in [0, 0.1) is 6.92 Å². The third-order valence-electron chi connectivity index (χ3n) is 3.76. The van der Waals surface area contributed by atoms with Crippen LogP contribution in [0.1, 0.15) is 50.5 Å². The number of hydrogen-bond donors (Lipinski definition) is 0. The second-order valence-electron chi connectivity index (χ2n) is 5.58. The maximum Gasteiger partial charge on any atom is 0.132 e. The molecule has 0 amide bonds. The first-order valence-corrected chi connectivity index (χ1v) is 8.01. The van der Waals surface area contributed by atoms with Crippen LogP contribution < -0.4 is 0 Å². The van der Waals surface area contributed by atoms with Gasteiger partial charge in [-0.1, -0.05) is 48.3 Å². The van der Waals surface area contributed by atoms with Crippen LogP contribution in [0.2, 0.25) is 0 Å². The molecule has 3 nitrogen and oxygen atoms in total. The Morgan fingerprint density at radius 3 is 2.71 bits per heavy atom. The second kappa shape index (κ2) is 9.56. The quantitative estimate of drug-likeness (QED) is 0.592. The lowest BCUT2D eigenvalue weighted by Gasteiger charge is -2.08. The molecule has 1 aromatic carbocycles. The Balaban J connectivity index is 1.39. The molecule has 1 aliphatic rings. The van der Waals surface area contributed by atoms with Crippen molar-refractivity contribution in [3.63, 3.8) is 0 Å². The first-order valence-electron chi connectivity index (χ1n) is 8.01. The van der Waals surface area contributed by atoms with Gasteiger partial charge in [-0.15, -0.1) is 0 Å². The van der Waals surface area contributed by atoms with E-state index >= 15 is 0 Å². The van der Waals surface area contributed by atoms with Crippen molar-refractivity contribution in [2.24, 2.45) is 5.16 Å². The number of nitrogens with zero attached hydrogens (tertiary/aromatic N) is 1. The van der Waals surface area contributed by atoms with Gasteiger partial charge in [0.05, 0.1) is 12.3 Å². The molecule has 1 radical (unpaired) electrons. The summed E-state index contributed by atoms with van der Waals surface area (Å²) >= 11 is 0. The van der Waals surface area contributed by atoms with E-state index in [4.69, 9.17) is 9.57 Å². The Morgan fingerprint density at radius 1 is 1.14 bits per heavy atom. The predicted molar refractivity (Wildman–Crippen MR) is 86.1 cm³/mol. The molecule has 115 valence electrons. The van der Waals surface area contributed by atoms with E-state index in [1.54, 1.807) is 0 Å². The van der Waals surface area contributed by atoms with Crippen molar-refractivity contribution >= 4 is 5.71 Å². The van der Waals surface area contributed by atoms with Gasteiger partial charge in [-0.05, 0) is 38.2 Å². The molecular formula is C18H26NO2. The van der Waals surface area contributed by atoms with Crippen LogP contribution in [0.4, 0.5) is 0 Å². The molecule has 1 aromatic rings. The van der Waals surface area contributed by atoms with Crippen LogP contribution in [0.3, 0.4) is 0 Å². The average Bonchev–Trinajstić information content (AvgIpc) is 2.99. The van der Waals surface area contributed by atoms with Crippen molar-refractivity contribution in [2.45, 2.75) is 57.7 Å². The van der Waals surface area contributed by atoms with Crippen LogP contribution in [0.5, 0.6) is 0 Å². The standard InChI is InChI=1S/C18H26NO2/c1-2-17-14-18(21-19-17)12-8-3-4-9-13-20-15-16-10-6-5-7-11-16/h5-7,10-11,18H,1-4,8-9,12-15H2. The first-order chi connectivity index (χ1) is 10.4. The fourth-order valence-electron chi connectivity index (χ4n) is 2.48. The summed E-state index contributed by atoms with van der Waals surface area (Å²) in [4.78, 5) is 5.37. The average molecular weight is 288 g/mol. The lowest BCUT2D eigenvalue weighted by Crippen LogP contribution is -2.07. The van der Waals surface area contributed by atoms with Crippen LogP contribution in [-0.2, 0) is 16.2 Å². The van der Waals surface area contributed by atoms with E-state index < -0.39 is 0 Å². The summed E-state index contributed by atoms with van der Waals surface area (Å²) < 4.78 is 5.68. The largest absolute Gasteiger partial charge is 0.392 e. The van der Waals surface area contributed by atoms with Gasteiger partial charge in [-0.2, -0.15) is 0 Å². The van der Waals surface area contributed by atoms with Crippen molar-refractivity contribution in [2.75, 3.05) is 6.61 Å². The highest BCUT2D eigenvalue weighted by Crippen LogP contribution is 2.18. The van der Waals surface area contributed by atoms with Gasteiger partial charge in [0.2, 0.25) is 0 Å². The number of unbranched alkanes of at least 4 members (excludes halogenated alkanes) is 3. The van der Waals surface area contributed by atoms with Gasteiger partial charge in [0.15, 0.2) is 0 Å². The van der Waals surface area contributed by atoms with Crippen molar-refractivity contribution in [3.05, 3.63) is 42.8 Å². The Bertz CT molecular complexity index is 416. The van der Waals surface area contributed by atoms with Crippen molar-refractivity contribution in [3.8, 4) is 0 Å². The van der Waals surface area contributed by atoms with Gasteiger partial charge in [-0.25, -0.2) is 0 Å². The Labute approximate surface area is 128 Å². The summed E-state index contributed by atoms with van der Waals surface area (Å²) in [5.41, 5.74) is 2.35. The van der Waals surface area contributed by atoms with E-state index in [9.17, 15) is 0 Å². The van der Waals surface area contributed by atoms with E-state index in [2.05, 4.69) is 24.2 Å². The van der Waals surface area contributed by atoms with E-state index in [1.807, 2.05) is 18.2 Å². The number of hydrogen-bond acceptors (Lipinski definition) is 3. The highest BCUT2D eigenvalue weighted by molar-refractivity contribution is 5.85. The summed E-state index contributed by atoms with van der Waals surface area (Å²) in [5.74, 6) is 0. The molecule has 21 heavy (non-hydrogen) atoms. The fourth-order valence-corrected chi connectivity index (χ4v) is 2.48. The maximum atomic E-state index is 5.68. The van der Waals surface area contributed by atoms with Crippen molar-refractivity contribution in [1.29, 1.82) is 0 Å². The molecule has 0 fully saturated rings. The summed E-state index contributed by atoms with van der Waals surface area (Å²) in [6.07, 6.45) is 7.98. The molecule has 1 aliphatic heterocycles. The molecule has 0 saturated carbocycles. The minimum atomic E-state index is 0.302. The fraction of sp³-hybridized carbons (Fsp3) is 0.556. The molecule has 0 aliphatic carbocycles. The predicted octanol–water partition coefficient (Wildman–Crippen LogP) is 4.52. The molecule has 2 rings (SSSR count). The second-order valence-corrected chi connectivity index (χ2v) is 5.58. The molecule has 0 spiro atoms. The normalized spacial score (nSPS) is 17.6. The molecule has 0 bridgehead atoms. The van der Waals surface area contributed by atoms with Gasteiger partial charge in [-0.3, -0.25) is 0 Å². The zero-order chi connectivity index (χ0) is 14.8. The minimum absolute atomic E-state index is 0.302. The highest BCUT2D eigenvalue weighted by Gasteiger charge is 2.18. The van der Waals surface area contributed by atoms with E-state index in [-0.39, 0.29) is 0 Å². The zero-order valence-electron chi connectivity index (χ0n) is 12.8. The summed E-state index contributed by atoms with van der Waals surface area (Å²) in [5, 5.41) is 4.04. The summed E-state index contributed by atoms with van der Waals surface area (Å²) in [6, 6.07) is 10.3. The van der Waals surface area contributed by atoms with Gasteiger partial charge >= 0.3 is 0 Å². The highest BCUT2D eigenvalue weighted by atomic mass is 16.6. The minimum Gasteiger partial charge on any atom is -0.392 e. The molecule has 1 unspecified atom stereocenters. The van der Waals surface area contributed by atoms with Crippen LogP contribution in [0.15, 0.2) is 35.5 Å². The van der Waals surface area contributed by atoms with Gasteiger partial charge < -0.3 is 9.57 Å². The SMILES string of the molecule is [CH2]CC1=NOC(CCCCCCOCc2ccccc2)C1. The monoisotopic (exact) mass is 288 g/mol. The molecule has 0 saturated heterocycles. The Morgan fingerprint density at radius 2 is 1.95 bits per heavy atom. The molecule has 1 heterocycles. The number of ether oxygens (including phenoxy) is 1. The topological polar surface area (TPSA) is 30.8 Å². The van der Waals surface area contributed by atoms with Gasteiger partial charge in [0, 0.05) is 13.0 Å². The smallest absolute Gasteiger partial charge is 0.132 e. The third kappa shape index (κ3) is 6.30. The molecule has 3 heteroatoms. The lowest BCUT2D eigenvalue weighted by atomic mass is 10.0. The van der Waals surface area contributed by atoms with Gasteiger partial charge in [0.1, 0.15) is 6.10 Å². The maximum absolute atomic E-state index is 5.68. The van der Waals surface area contributed by atoms with E-state index in [1.165, 1.54) is 24.8 Å². The number of oxime groups is 1. The third-order valence-corrected chi connectivity index (χ3v) is 3.76. The molecule has 1 atom stereocenters. The molecule has 0 N–H and O–H groups in total. The van der Waals surface area contributed by atoms with Crippen molar-refractivity contribution in [1.82, 2.24) is 0 Å². The number of benzene rings is 1. The van der Waals surface area contributed by atoms with Crippen LogP contribution in [0.25, 0.3) is 0 Å².